The summed E-state index contributed by atoms with van der Waals surface area (Å²) >= 11 is 5.94. The number of carbonyl (C=O) groups excluding carboxylic acids is 1. The first kappa shape index (κ1) is 18.5. The largest absolute Gasteiger partial charge is 0.381 e. The van der Waals surface area contributed by atoms with Gasteiger partial charge >= 0.3 is 0 Å². The molecule has 1 aromatic heterocycles. The summed E-state index contributed by atoms with van der Waals surface area (Å²) in [5.74, 6) is -0.0165. The third-order valence-electron chi connectivity index (χ3n) is 5.63. The number of nitrogens with zero attached hydrogens (tertiary/aromatic N) is 2. The second kappa shape index (κ2) is 7.62. The fourth-order valence-corrected chi connectivity index (χ4v) is 4.25. The first-order valence-electron chi connectivity index (χ1n) is 9.49. The van der Waals surface area contributed by atoms with E-state index in [1.165, 1.54) is 5.69 Å². The Balaban J connectivity index is 1.45. The van der Waals surface area contributed by atoms with E-state index in [0.29, 0.717) is 5.02 Å². The number of nitrogens with one attached hydrogen (secondary N) is 2. The molecule has 1 spiro atoms. The van der Waals surface area contributed by atoms with E-state index in [4.69, 9.17) is 16.3 Å². The van der Waals surface area contributed by atoms with Crippen molar-refractivity contribution >= 4 is 17.5 Å². The van der Waals surface area contributed by atoms with E-state index < -0.39 is 0 Å². The third kappa shape index (κ3) is 3.74. The van der Waals surface area contributed by atoms with Crippen molar-refractivity contribution in [3.63, 3.8) is 0 Å². The summed E-state index contributed by atoms with van der Waals surface area (Å²) in [4.78, 5) is 17.3. The van der Waals surface area contributed by atoms with E-state index in [9.17, 15) is 4.79 Å². The van der Waals surface area contributed by atoms with Crippen LogP contribution in [-0.2, 0) is 28.0 Å². The second-order valence-corrected chi connectivity index (χ2v) is 7.82. The normalized spacial score (nSPS) is 19.5. The number of benzene rings is 1. The number of imidazole rings is 1. The molecule has 27 heavy (non-hydrogen) atoms. The Morgan fingerprint density at radius 1 is 1.37 bits per heavy atom. The first-order valence-corrected chi connectivity index (χ1v) is 9.87. The maximum Gasteiger partial charge on any atom is 0.240 e. The molecule has 1 unspecified atom stereocenters. The number of carbonyl (C=O) groups is 1. The summed E-state index contributed by atoms with van der Waals surface area (Å²) in [5, 5.41) is 7.41. The van der Waals surface area contributed by atoms with Gasteiger partial charge in [-0.3, -0.25) is 4.79 Å². The smallest absolute Gasteiger partial charge is 0.240 e. The van der Waals surface area contributed by atoms with Gasteiger partial charge in [0, 0.05) is 36.9 Å². The zero-order chi connectivity index (χ0) is 18.9. The number of ether oxygens (including phenoxy) is 1. The van der Waals surface area contributed by atoms with Gasteiger partial charge in [0.2, 0.25) is 5.91 Å². The van der Waals surface area contributed by atoms with Crippen LogP contribution in [0.5, 0.6) is 0 Å². The molecule has 0 saturated carbocycles. The van der Waals surface area contributed by atoms with Crippen LogP contribution in [0.3, 0.4) is 0 Å². The summed E-state index contributed by atoms with van der Waals surface area (Å²) < 4.78 is 7.53. The maximum atomic E-state index is 12.6. The summed E-state index contributed by atoms with van der Waals surface area (Å²) in [7, 11) is 0. The molecule has 7 heteroatoms. The molecule has 2 aliphatic rings. The average Bonchev–Trinajstić information content (AvgIpc) is 3.07. The molecule has 0 bridgehead atoms. The number of hydrogen-bond donors (Lipinski definition) is 2. The van der Waals surface area contributed by atoms with Crippen molar-refractivity contribution < 1.29 is 9.53 Å². The topological polar surface area (TPSA) is 68.2 Å². The Bertz CT molecular complexity index is 812. The van der Waals surface area contributed by atoms with Crippen molar-refractivity contribution in [1.29, 1.82) is 0 Å². The van der Waals surface area contributed by atoms with Gasteiger partial charge in [-0.25, -0.2) is 4.98 Å². The van der Waals surface area contributed by atoms with Crippen LogP contribution in [-0.4, -0.2) is 35.2 Å². The van der Waals surface area contributed by atoms with E-state index in [1.807, 2.05) is 35.8 Å². The zero-order valence-corrected chi connectivity index (χ0v) is 16.3. The van der Waals surface area contributed by atoms with Crippen LogP contribution >= 0.6 is 11.6 Å². The predicted octanol–water partition coefficient (Wildman–Crippen LogP) is 2.57. The van der Waals surface area contributed by atoms with E-state index in [1.54, 1.807) is 6.33 Å². The van der Waals surface area contributed by atoms with Crippen LogP contribution in [0.25, 0.3) is 0 Å². The fraction of sp³-hybridized carbons (Fsp3) is 0.500. The van der Waals surface area contributed by atoms with Crippen molar-refractivity contribution in [1.82, 2.24) is 20.2 Å². The van der Waals surface area contributed by atoms with Gasteiger partial charge in [0.15, 0.2) is 0 Å². The molecule has 2 N–H and O–H groups in total. The average molecular weight is 389 g/mol. The number of hydrogen-bond acceptors (Lipinski definition) is 4. The summed E-state index contributed by atoms with van der Waals surface area (Å²) in [6, 6.07) is 7.48. The molecule has 0 radical (unpaired) electrons. The Labute approximate surface area is 164 Å². The summed E-state index contributed by atoms with van der Waals surface area (Å²) in [6.07, 6.45) is 4.55. The molecule has 144 valence electrons. The first-order chi connectivity index (χ1) is 13.1. The Hall–Kier alpha value is -1.89. The molecule has 1 fully saturated rings. The summed E-state index contributed by atoms with van der Waals surface area (Å²) in [6.45, 7) is 4.66. The molecule has 1 atom stereocenters. The number of aromatic nitrogens is 2. The van der Waals surface area contributed by atoms with Gasteiger partial charge < -0.3 is 19.9 Å². The van der Waals surface area contributed by atoms with Gasteiger partial charge in [-0.1, -0.05) is 23.7 Å². The van der Waals surface area contributed by atoms with Crippen molar-refractivity contribution in [3.05, 3.63) is 52.6 Å². The minimum absolute atomic E-state index is 0.0165. The van der Waals surface area contributed by atoms with Crippen LogP contribution in [0.1, 0.15) is 42.8 Å². The van der Waals surface area contributed by atoms with Gasteiger partial charge in [-0.2, -0.15) is 0 Å². The molecule has 1 aromatic carbocycles. The fourth-order valence-electron chi connectivity index (χ4n) is 4.12. The number of rotatable bonds is 4. The molecular formula is C20H25ClN4O2. The molecule has 2 aliphatic heterocycles. The highest BCUT2D eigenvalue weighted by atomic mass is 35.5. The predicted molar refractivity (Wildman–Crippen MR) is 104 cm³/mol. The lowest BCUT2D eigenvalue weighted by molar-refractivity contribution is -0.122. The Morgan fingerprint density at radius 3 is 2.85 bits per heavy atom. The Kier molecular flexibility index (Phi) is 5.21. The van der Waals surface area contributed by atoms with E-state index >= 15 is 0 Å². The van der Waals surface area contributed by atoms with Crippen LogP contribution in [0, 0.1) is 0 Å². The molecular weight excluding hydrogens is 364 g/mol. The number of halogens is 1. The number of fused-ring (bicyclic) bond motifs is 2. The molecule has 4 rings (SSSR count). The molecule has 1 saturated heterocycles. The maximum absolute atomic E-state index is 12.6. The SMILES string of the molecule is CC(NC(=O)Cn1cnc2c1CCNC21CCOCC1)c1ccc(Cl)cc1. The third-order valence-corrected chi connectivity index (χ3v) is 5.88. The van der Waals surface area contributed by atoms with Gasteiger partial charge in [0.1, 0.15) is 6.54 Å². The van der Waals surface area contributed by atoms with E-state index in [2.05, 4.69) is 15.6 Å². The van der Waals surface area contributed by atoms with E-state index in [-0.39, 0.29) is 24.0 Å². The van der Waals surface area contributed by atoms with Crippen LogP contribution in [0.15, 0.2) is 30.6 Å². The number of amides is 1. The van der Waals surface area contributed by atoms with E-state index in [0.717, 1.165) is 50.3 Å². The molecule has 1 amide bonds. The minimum atomic E-state index is -0.0931. The second-order valence-electron chi connectivity index (χ2n) is 7.38. The monoisotopic (exact) mass is 388 g/mol. The van der Waals surface area contributed by atoms with Gasteiger partial charge in [-0.05, 0) is 37.5 Å². The van der Waals surface area contributed by atoms with Crippen molar-refractivity contribution in [2.24, 2.45) is 0 Å². The van der Waals surface area contributed by atoms with Gasteiger partial charge in [-0.15, -0.1) is 0 Å². The standard InChI is InChI=1S/C20H25ClN4O2/c1-14(15-2-4-16(21)5-3-15)24-18(26)12-25-13-22-19-17(25)6-9-23-20(19)7-10-27-11-8-20/h2-5,13-14,23H,6-12H2,1H3,(H,24,26). The highest BCUT2D eigenvalue weighted by Gasteiger charge is 2.40. The highest BCUT2D eigenvalue weighted by Crippen LogP contribution is 2.35. The van der Waals surface area contributed by atoms with Crippen LogP contribution in [0.2, 0.25) is 5.02 Å². The lowest BCUT2D eigenvalue weighted by Crippen LogP contribution is -2.51. The lowest BCUT2D eigenvalue weighted by atomic mass is 9.82. The Morgan fingerprint density at radius 2 is 2.11 bits per heavy atom. The van der Waals surface area contributed by atoms with Gasteiger partial charge in [0.05, 0.1) is 23.6 Å². The lowest BCUT2D eigenvalue weighted by Gasteiger charge is -2.40. The highest BCUT2D eigenvalue weighted by molar-refractivity contribution is 6.30. The summed E-state index contributed by atoms with van der Waals surface area (Å²) in [5.41, 5.74) is 3.20. The molecule has 3 heterocycles. The minimum Gasteiger partial charge on any atom is -0.381 e. The van der Waals surface area contributed by atoms with Crippen molar-refractivity contribution in [2.75, 3.05) is 19.8 Å². The quantitative estimate of drug-likeness (QED) is 0.844. The van der Waals surface area contributed by atoms with Crippen molar-refractivity contribution in [3.8, 4) is 0 Å². The van der Waals surface area contributed by atoms with Gasteiger partial charge in [0.25, 0.3) is 0 Å². The van der Waals surface area contributed by atoms with Crippen LogP contribution in [0.4, 0.5) is 0 Å². The molecule has 2 aromatic rings. The zero-order valence-electron chi connectivity index (χ0n) is 15.5. The van der Waals surface area contributed by atoms with Crippen molar-refractivity contribution in [2.45, 2.75) is 44.3 Å². The molecule has 6 nitrogen and oxygen atoms in total. The molecule has 0 aliphatic carbocycles. The van der Waals surface area contributed by atoms with Crippen LogP contribution < -0.4 is 10.6 Å².